The first kappa shape index (κ1) is 5.22. The van der Waals surface area contributed by atoms with Gasteiger partial charge in [-0.3, -0.25) is 0 Å². The van der Waals surface area contributed by atoms with Gasteiger partial charge in [0.25, 0.3) is 0 Å². The van der Waals surface area contributed by atoms with Crippen molar-refractivity contribution in [3.8, 4) is 0 Å². The first-order valence-corrected chi connectivity index (χ1v) is 2.38. The summed E-state index contributed by atoms with van der Waals surface area (Å²) >= 11 is 0. The smallest absolute Gasteiger partial charge is 0.213 e. The highest BCUT2D eigenvalue weighted by molar-refractivity contribution is 5.01. The van der Waals surface area contributed by atoms with Gasteiger partial charge < -0.3 is 0 Å². The predicted octanol–water partition coefficient (Wildman–Crippen LogP) is 1.78. The molecule has 0 aliphatic carbocycles. The van der Waals surface area contributed by atoms with E-state index >= 15 is 0 Å². The summed E-state index contributed by atoms with van der Waals surface area (Å²) in [6.07, 6.45) is 0. The minimum absolute atomic E-state index is 0. The van der Waals surface area contributed by atoms with E-state index in [-0.39, 0.29) is 1.43 Å². The number of halogens is 1. The van der Waals surface area contributed by atoms with Crippen LogP contribution in [0.3, 0.4) is 0 Å². The summed E-state index contributed by atoms with van der Waals surface area (Å²) in [5, 5.41) is 0. The zero-order valence-corrected chi connectivity index (χ0v) is 4.56. The molecular weight excluding hydrogens is 105 g/mol. The van der Waals surface area contributed by atoms with E-state index < -0.39 is 5.95 Å². The van der Waals surface area contributed by atoms with Crippen molar-refractivity contribution >= 4 is 0 Å². The normalized spacial score (nSPS) is 9.25. The van der Waals surface area contributed by atoms with E-state index in [2.05, 4.69) is 4.98 Å². The van der Waals surface area contributed by atoms with Crippen molar-refractivity contribution < 1.29 is 5.82 Å². The molecule has 0 radical (unpaired) electrons. The molecule has 1 aromatic rings. The molecule has 8 heavy (non-hydrogen) atoms. The zero-order chi connectivity index (χ0) is 5.98. The van der Waals surface area contributed by atoms with E-state index in [9.17, 15) is 4.39 Å². The fourth-order valence-corrected chi connectivity index (χ4v) is 0.510. The highest BCUT2D eigenvalue weighted by Gasteiger charge is 1.86. The highest BCUT2D eigenvalue weighted by Crippen LogP contribution is 1.93. The van der Waals surface area contributed by atoms with Gasteiger partial charge in [0.2, 0.25) is 5.95 Å². The van der Waals surface area contributed by atoms with Crippen molar-refractivity contribution in [2.45, 2.75) is 6.92 Å². The van der Waals surface area contributed by atoms with Crippen LogP contribution in [0.2, 0.25) is 0 Å². The van der Waals surface area contributed by atoms with Gasteiger partial charge in [-0.15, -0.1) is 0 Å². The molecule has 1 nitrogen and oxygen atoms in total. The summed E-state index contributed by atoms with van der Waals surface area (Å²) in [6.45, 7) is 1.75. The maximum Gasteiger partial charge on any atom is 0.213 e. The Balaban J connectivity index is 0.000000640. The molecule has 1 heterocycles. The number of nitrogens with zero attached hydrogens (tertiary/aromatic N) is 1. The lowest BCUT2D eigenvalue weighted by Gasteiger charge is -1.86. The molecule has 0 unspecified atom stereocenters. The van der Waals surface area contributed by atoms with Crippen molar-refractivity contribution in [2.75, 3.05) is 0 Å². The second kappa shape index (κ2) is 1.90. The van der Waals surface area contributed by atoms with Crippen molar-refractivity contribution in [3.05, 3.63) is 29.8 Å². The van der Waals surface area contributed by atoms with Crippen LogP contribution < -0.4 is 0 Å². The number of hydrogen-bond donors (Lipinski definition) is 0. The largest absolute Gasteiger partial charge is 0.225 e. The van der Waals surface area contributed by atoms with Crippen LogP contribution in [0.25, 0.3) is 0 Å². The average Bonchev–Trinajstić information content (AvgIpc) is 1.64. The summed E-state index contributed by atoms with van der Waals surface area (Å²) in [6, 6.07) is 4.72. The van der Waals surface area contributed by atoms with Gasteiger partial charge in [0, 0.05) is 7.12 Å². The van der Waals surface area contributed by atoms with Crippen molar-refractivity contribution in [3.63, 3.8) is 0 Å². The van der Waals surface area contributed by atoms with E-state index in [4.69, 9.17) is 0 Å². The Bertz CT molecular complexity index is 173. The number of pyridine rings is 1. The Morgan fingerprint density at radius 3 is 2.75 bits per heavy atom. The van der Waals surface area contributed by atoms with Crippen LogP contribution in [0.5, 0.6) is 0 Å². The average molecular weight is 113 g/mol. The molecule has 0 saturated heterocycles. The summed E-state index contributed by atoms with van der Waals surface area (Å²) in [5.41, 5.74) is 0.713. The van der Waals surface area contributed by atoms with Crippen molar-refractivity contribution in [1.82, 2.24) is 4.98 Å². The minimum Gasteiger partial charge on any atom is -0.225 e. The van der Waals surface area contributed by atoms with Crippen LogP contribution in [-0.2, 0) is 0 Å². The molecule has 0 aromatic carbocycles. The second-order valence-electron chi connectivity index (χ2n) is 1.60. The molecule has 1 rings (SSSR count). The summed E-state index contributed by atoms with van der Waals surface area (Å²) in [4.78, 5) is 3.51. The maximum atomic E-state index is 12.1. The molecule has 44 valence electrons. The molecule has 0 bridgehead atoms. The lowest BCUT2D eigenvalue weighted by Crippen LogP contribution is -1.82. The summed E-state index contributed by atoms with van der Waals surface area (Å²) in [5.74, 6) is -0.412. The zero-order valence-electron chi connectivity index (χ0n) is 4.56. The predicted molar refractivity (Wildman–Crippen MR) is 31.0 cm³/mol. The van der Waals surface area contributed by atoms with E-state index in [0.717, 1.165) is 0 Å². The maximum absolute atomic E-state index is 12.1. The number of hydrogen-bond acceptors (Lipinski definition) is 1. The fraction of sp³-hybridized carbons (Fsp3) is 0.167. The van der Waals surface area contributed by atoms with E-state index in [0.29, 0.717) is 5.69 Å². The van der Waals surface area contributed by atoms with E-state index in [1.807, 2.05) is 0 Å². The fourth-order valence-electron chi connectivity index (χ4n) is 0.510. The Kier molecular flexibility index (Phi) is 1.24. The number of rotatable bonds is 0. The quantitative estimate of drug-likeness (QED) is 0.467. The lowest BCUT2D eigenvalue weighted by atomic mass is 10.4. The van der Waals surface area contributed by atoms with Crippen LogP contribution in [0.1, 0.15) is 7.12 Å². The van der Waals surface area contributed by atoms with E-state index in [1.165, 1.54) is 6.07 Å². The molecule has 0 atom stereocenters. The third-order valence-corrected chi connectivity index (χ3v) is 0.854. The van der Waals surface area contributed by atoms with Gasteiger partial charge in [-0.05, 0) is 19.1 Å². The molecular formula is C6H8FN. The third-order valence-electron chi connectivity index (χ3n) is 0.854. The molecule has 0 aliphatic heterocycles. The third kappa shape index (κ3) is 1.03. The van der Waals surface area contributed by atoms with Crippen LogP contribution >= 0.6 is 0 Å². The van der Waals surface area contributed by atoms with Gasteiger partial charge in [-0.2, -0.15) is 4.39 Å². The Morgan fingerprint density at radius 1 is 1.62 bits per heavy atom. The monoisotopic (exact) mass is 113 g/mol. The van der Waals surface area contributed by atoms with Gasteiger partial charge in [-0.1, -0.05) is 6.07 Å². The van der Waals surface area contributed by atoms with Crippen molar-refractivity contribution in [2.24, 2.45) is 0 Å². The highest BCUT2D eigenvalue weighted by atomic mass is 19.1. The van der Waals surface area contributed by atoms with Gasteiger partial charge in [0.1, 0.15) is 0 Å². The van der Waals surface area contributed by atoms with Crippen LogP contribution in [0, 0.1) is 12.9 Å². The lowest BCUT2D eigenvalue weighted by molar-refractivity contribution is 0.580. The molecule has 0 fully saturated rings. The molecule has 0 saturated carbocycles. The molecule has 0 amide bonds. The minimum atomic E-state index is -0.412. The van der Waals surface area contributed by atoms with Crippen LogP contribution in [0.15, 0.2) is 18.2 Å². The van der Waals surface area contributed by atoms with Gasteiger partial charge in [0.05, 0.1) is 0 Å². The summed E-state index contributed by atoms with van der Waals surface area (Å²) in [7, 11) is 0. The molecule has 0 N–H and O–H groups in total. The molecule has 0 aliphatic rings. The van der Waals surface area contributed by atoms with Gasteiger partial charge in [0.15, 0.2) is 0 Å². The Labute approximate surface area is 48.7 Å². The second-order valence-corrected chi connectivity index (χ2v) is 1.60. The standard InChI is InChI=1S/C6H6FN.H2/c1-5-3-2-4-6(7)8-5;/h2-4H,1H3;1H. The topological polar surface area (TPSA) is 12.9 Å². The first-order chi connectivity index (χ1) is 3.79. The summed E-state index contributed by atoms with van der Waals surface area (Å²) < 4.78 is 12.1. The van der Waals surface area contributed by atoms with Gasteiger partial charge in [-0.25, -0.2) is 4.98 Å². The van der Waals surface area contributed by atoms with Crippen LogP contribution in [0.4, 0.5) is 4.39 Å². The Hall–Kier alpha value is -0.920. The van der Waals surface area contributed by atoms with Crippen LogP contribution in [-0.4, -0.2) is 4.98 Å². The van der Waals surface area contributed by atoms with Gasteiger partial charge >= 0.3 is 0 Å². The number of aryl methyl sites for hydroxylation is 1. The number of aromatic nitrogens is 1. The molecule has 1 aromatic heterocycles. The van der Waals surface area contributed by atoms with Crippen molar-refractivity contribution in [1.29, 1.82) is 0 Å². The molecule has 0 spiro atoms. The molecule has 2 heteroatoms. The Morgan fingerprint density at radius 2 is 2.38 bits per heavy atom. The van der Waals surface area contributed by atoms with E-state index in [1.54, 1.807) is 19.1 Å². The first-order valence-electron chi connectivity index (χ1n) is 2.38. The SMILES string of the molecule is Cc1cccc(F)n1.[HH].